The van der Waals surface area contributed by atoms with Gasteiger partial charge in [-0.15, -0.1) is 0 Å². The maximum absolute atomic E-state index is 12.2. The van der Waals surface area contributed by atoms with Crippen LogP contribution in [-0.4, -0.2) is 11.9 Å². The molecule has 4 rings (SSSR count). The number of hydrogen-bond donors (Lipinski definition) is 1. The van der Waals surface area contributed by atoms with E-state index in [1.165, 1.54) is 19.3 Å². The second-order valence-electron chi connectivity index (χ2n) is 6.18. The van der Waals surface area contributed by atoms with Crippen molar-refractivity contribution in [3.8, 4) is 6.07 Å². The van der Waals surface area contributed by atoms with Crippen LogP contribution in [0.3, 0.4) is 0 Å². The minimum Gasteiger partial charge on any atom is -0.349 e. The summed E-state index contributed by atoms with van der Waals surface area (Å²) in [6.45, 7) is 0. The van der Waals surface area contributed by atoms with Gasteiger partial charge in [0.05, 0.1) is 11.6 Å². The SMILES string of the molecule is N#Cc1cccc(C(=O)NC2C3C4CCC(C4)C23)c1. The van der Waals surface area contributed by atoms with Crippen molar-refractivity contribution in [2.24, 2.45) is 23.7 Å². The van der Waals surface area contributed by atoms with Gasteiger partial charge in [-0.2, -0.15) is 5.26 Å². The van der Waals surface area contributed by atoms with E-state index in [0.717, 1.165) is 23.7 Å². The first-order chi connectivity index (χ1) is 9.28. The van der Waals surface area contributed by atoms with Crippen molar-refractivity contribution >= 4 is 5.91 Å². The van der Waals surface area contributed by atoms with Gasteiger partial charge in [0.1, 0.15) is 0 Å². The van der Waals surface area contributed by atoms with Gasteiger partial charge in [0.15, 0.2) is 0 Å². The van der Waals surface area contributed by atoms with Gasteiger partial charge in [-0.25, -0.2) is 0 Å². The minimum atomic E-state index is -0.0177. The minimum absolute atomic E-state index is 0.0177. The lowest BCUT2D eigenvalue weighted by Gasteiger charge is -2.10. The van der Waals surface area contributed by atoms with Crippen molar-refractivity contribution in [3.05, 3.63) is 35.4 Å². The predicted molar refractivity (Wildman–Crippen MR) is 70.2 cm³/mol. The Kier molecular flexibility index (Phi) is 2.23. The molecule has 0 spiro atoms. The molecule has 1 N–H and O–H groups in total. The van der Waals surface area contributed by atoms with Crippen LogP contribution in [0.15, 0.2) is 24.3 Å². The van der Waals surface area contributed by atoms with Crippen LogP contribution in [0.2, 0.25) is 0 Å². The lowest BCUT2D eigenvalue weighted by Crippen LogP contribution is -2.29. The smallest absolute Gasteiger partial charge is 0.251 e. The molecule has 3 nitrogen and oxygen atoms in total. The highest BCUT2D eigenvalue weighted by molar-refractivity contribution is 5.95. The van der Waals surface area contributed by atoms with Gasteiger partial charge in [0.2, 0.25) is 0 Å². The van der Waals surface area contributed by atoms with Crippen LogP contribution >= 0.6 is 0 Å². The summed E-state index contributed by atoms with van der Waals surface area (Å²) in [7, 11) is 0. The van der Waals surface area contributed by atoms with E-state index in [0.29, 0.717) is 17.2 Å². The van der Waals surface area contributed by atoms with Gasteiger partial charge in [-0.05, 0) is 61.1 Å². The van der Waals surface area contributed by atoms with Gasteiger partial charge < -0.3 is 5.32 Å². The molecule has 3 saturated carbocycles. The van der Waals surface area contributed by atoms with Crippen LogP contribution in [0.5, 0.6) is 0 Å². The number of nitriles is 1. The number of fused-ring (bicyclic) bond motifs is 5. The Morgan fingerprint density at radius 1 is 1.26 bits per heavy atom. The number of carbonyl (C=O) groups is 1. The summed E-state index contributed by atoms with van der Waals surface area (Å²) < 4.78 is 0. The number of nitrogens with zero attached hydrogens (tertiary/aromatic N) is 1. The summed E-state index contributed by atoms with van der Waals surface area (Å²) >= 11 is 0. The fourth-order valence-electron chi connectivity index (χ4n) is 4.48. The van der Waals surface area contributed by atoms with E-state index in [1.54, 1.807) is 24.3 Å². The average Bonchev–Trinajstić information content (AvgIpc) is 2.85. The van der Waals surface area contributed by atoms with E-state index in [-0.39, 0.29) is 5.91 Å². The molecule has 2 bridgehead atoms. The third-order valence-electron chi connectivity index (χ3n) is 5.29. The number of rotatable bonds is 2. The molecule has 0 aliphatic heterocycles. The molecule has 0 saturated heterocycles. The normalized spacial score (nSPS) is 37.5. The molecule has 3 fully saturated rings. The van der Waals surface area contributed by atoms with Crippen molar-refractivity contribution in [3.63, 3.8) is 0 Å². The summed E-state index contributed by atoms with van der Waals surface area (Å²) in [5, 5.41) is 12.0. The van der Waals surface area contributed by atoms with Gasteiger partial charge in [0.25, 0.3) is 5.91 Å². The molecule has 0 radical (unpaired) electrons. The molecule has 3 heteroatoms. The molecule has 4 unspecified atom stereocenters. The molecule has 3 aliphatic rings. The Labute approximate surface area is 112 Å². The van der Waals surface area contributed by atoms with Gasteiger partial charge in [-0.1, -0.05) is 6.07 Å². The van der Waals surface area contributed by atoms with Crippen molar-refractivity contribution in [2.45, 2.75) is 25.3 Å². The van der Waals surface area contributed by atoms with Crippen LogP contribution < -0.4 is 5.32 Å². The lowest BCUT2D eigenvalue weighted by atomic mass is 10.0. The molecule has 96 valence electrons. The third-order valence-corrected chi connectivity index (χ3v) is 5.29. The summed E-state index contributed by atoms with van der Waals surface area (Å²) in [5.74, 6) is 3.22. The van der Waals surface area contributed by atoms with E-state index in [4.69, 9.17) is 5.26 Å². The lowest BCUT2D eigenvalue weighted by molar-refractivity contribution is 0.0944. The molecule has 0 aromatic heterocycles. The molecule has 1 aromatic rings. The number of hydrogen-bond acceptors (Lipinski definition) is 2. The molecule has 19 heavy (non-hydrogen) atoms. The first kappa shape index (κ1) is 11.0. The van der Waals surface area contributed by atoms with Gasteiger partial charge in [0, 0.05) is 11.6 Å². The Morgan fingerprint density at radius 2 is 2.00 bits per heavy atom. The van der Waals surface area contributed by atoms with Crippen molar-refractivity contribution in [1.82, 2.24) is 5.32 Å². The maximum Gasteiger partial charge on any atom is 0.251 e. The average molecular weight is 252 g/mol. The topological polar surface area (TPSA) is 52.9 Å². The molecule has 1 amide bonds. The van der Waals surface area contributed by atoms with Crippen LogP contribution in [0.25, 0.3) is 0 Å². The largest absolute Gasteiger partial charge is 0.349 e. The van der Waals surface area contributed by atoms with Crippen molar-refractivity contribution < 1.29 is 4.79 Å². The Bertz CT molecular complexity index is 573. The first-order valence-corrected chi connectivity index (χ1v) is 7.09. The van der Waals surface area contributed by atoms with Crippen molar-refractivity contribution in [2.75, 3.05) is 0 Å². The first-order valence-electron chi connectivity index (χ1n) is 7.09. The summed E-state index contributed by atoms with van der Waals surface area (Å²) in [4.78, 5) is 12.2. The fraction of sp³-hybridized carbons (Fsp3) is 0.500. The molecule has 1 aromatic carbocycles. The van der Waals surface area contributed by atoms with Crippen LogP contribution in [-0.2, 0) is 0 Å². The zero-order valence-electron chi connectivity index (χ0n) is 10.7. The molecule has 4 atom stereocenters. The number of carbonyl (C=O) groups excluding carboxylic acids is 1. The second kappa shape index (κ2) is 3.84. The molecule has 0 heterocycles. The monoisotopic (exact) mass is 252 g/mol. The van der Waals surface area contributed by atoms with Gasteiger partial charge in [-0.3, -0.25) is 4.79 Å². The quantitative estimate of drug-likeness (QED) is 0.878. The number of benzene rings is 1. The van der Waals surface area contributed by atoms with Crippen LogP contribution in [0.4, 0.5) is 0 Å². The van der Waals surface area contributed by atoms with Crippen molar-refractivity contribution in [1.29, 1.82) is 5.26 Å². The highest BCUT2D eigenvalue weighted by Crippen LogP contribution is 2.65. The molecule has 3 aliphatic carbocycles. The summed E-state index contributed by atoms with van der Waals surface area (Å²) in [5.41, 5.74) is 1.15. The number of amides is 1. The number of nitrogens with one attached hydrogen (secondary N) is 1. The summed E-state index contributed by atoms with van der Waals surface area (Å²) in [6.07, 6.45) is 4.12. The highest BCUT2D eigenvalue weighted by atomic mass is 16.1. The molecular weight excluding hydrogens is 236 g/mol. The van der Waals surface area contributed by atoms with E-state index < -0.39 is 0 Å². The predicted octanol–water partition coefficient (Wildman–Crippen LogP) is 2.33. The second-order valence-corrected chi connectivity index (χ2v) is 6.18. The van der Waals surface area contributed by atoms with Gasteiger partial charge >= 0.3 is 0 Å². The van der Waals surface area contributed by atoms with E-state index >= 15 is 0 Å². The standard InChI is InChI=1S/C16H16N2O/c17-8-9-2-1-3-12(6-9)16(19)18-15-13-10-4-5-11(7-10)14(13)15/h1-3,6,10-11,13-15H,4-5,7H2,(H,18,19). The van der Waals surface area contributed by atoms with E-state index in [1.807, 2.05) is 0 Å². The Morgan fingerprint density at radius 3 is 2.68 bits per heavy atom. The Hall–Kier alpha value is -1.82. The zero-order chi connectivity index (χ0) is 13.0. The Balaban J connectivity index is 1.47. The highest BCUT2D eigenvalue weighted by Gasteiger charge is 2.65. The van der Waals surface area contributed by atoms with Crippen LogP contribution in [0, 0.1) is 35.0 Å². The fourth-order valence-corrected chi connectivity index (χ4v) is 4.48. The van der Waals surface area contributed by atoms with E-state index in [2.05, 4.69) is 11.4 Å². The zero-order valence-corrected chi connectivity index (χ0v) is 10.7. The van der Waals surface area contributed by atoms with E-state index in [9.17, 15) is 4.79 Å². The summed E-state index contributed by atoms with van der Waals surface area (Å²) in [6, 6.07) is 9.43. The molecular formula is C16H16N2O. The van der Waals surface area contributed by atoms with Crippen LogP contribution in [0.1, 0.15) is 35.2 Å². The third kappa shape index (κ3) is 1.59. The maximum atomic E-state index is 12.2.